The first-order chi connectivity index (χ1) is 12.9. The number of nitrogens with zero attached hydrogens (tertiary/aromatic N) is 4. The minimum Gasteiger partial charge on any atom is -0.496 e. The van der Waals surface area contributed by atoms with Crippen LogP contribution in [0.5, 0.6) is 5.75 Å². The number of piperazine rings is 1. The molecule has 1 aromatic heterocycles. The monoisotopic (exact) mass is 370 g/mol. The van der Waals surface area contributed by atoms with Crippen LogP contribution >= 0.6 is 0 Å². The fourth-order valence-electron chi connectivity index (χ4n) is 2.93. The van der Waals surface area contributed by atoms with Gasteiger partial charge in [0.05, 0.1) is 12.7 Å². The normalized spacial score (nSPS) is 14.8. The second kappa shape index (κ2) is 7.82. The van der Waals surface area contributed by atoms with E-state index in [1.165, 1.54) is 0 Å². The first kappa shape index (κ1) is 18.9. The number of hydrogen-bond donors (Lipinski definition) is 0. The molecule has 1 amide bonds. The number of carbonyl (C=O) groups excluding carboxylic acids is 1. The third kappa shape index (κ3) is 4.67. The Hall–Kier alpha value is -2.83. The van der Waals surface area contributed by atoms with Crippen LogP contribution < -0.4 is 9.64 Å². The predicted octanol–water partition coefficient (Wildman–Crippen LogP) is 3.21. The lowest BCUT2D eigenvalue weighted by Gasteiger charge is -2.36. The smallest absolute Gasteiger partial charge is 0.410 e. The fourth-order valence-corrected chi connectivity index (χ4v) is 2.93. The Labute approximate surface area is 159 Å². The van der Waals surface area contributed by atoms with E-state index in [2.05, 4.69) is 9.88 Å². The van der Waals surface area contributed by atoms with E-state index in [9.17, 15) is 4.79 Å². The standard InChI is InChI=1S/C20H26N4O3/c1-20(2,3)27-19(25)24-13-11-23(12-14-24)17-9-10-21-18(22-17)15-7-5-6-8-16(15)26-4/h5-10H,11-14H2,1-4H3. The van der Waals surface area contributed by atoms with Crippen LogP contribution in [-0.4, -0.2) is 59.9 Å². The van der Waals surface area contributed by atoms with Gasteiger partial charge in [-0.3, -0.25) is 0 Å². The van der Waals surface area contributed by atoms with E-state index < -0.39 is 5.60 Å². The average molecular weight is 370 g/mol. The highest BCUT2D eigenvalue weighted by molar-refractivity contribution is 5.69. The number of carbonyl (C=O) groups is 1. The zero-order valence-corrected chi connectivity index (χ0v) is 16.3. The van der Waals surface area contributed by atoms with Gasteiger partial charge in [-0.1, -0.05) is 12.1 Å². The molecule has 3 rings (SSSR count). The van der Waals surface area contributed by atoms with E-state index in [4.69, 9.17) is 14.5 Å². The predicted molar refractivity (Wildman–Crippen MR) is 104 cm³/mol. The Morgan fingerprint density at radius 3 is 2.44 bits per heavy atom. The number of benzene rings is 1. The van der Waals surface area contributed by atoms with Gasteiger partial charge in [-0.2, -0.15) is 0 Å². The fraction of sp³-hybridized carbons (Fsp3) is 0.450. The van der Waals surface area contributed by atoms with Crippen molar-refractivity contribution in [3.63, 3.8) is 0 Å². The van der Waals surface area contributed by atoms with E-state index in [1.54, 1.807) is 18.2 Å². The van der Waals surface area contributed by atoms with Crippen molar-refractivity contribution in [2.45, 2.75) is 26.4 Å². The number of anilines is 1. The van der Waals surface area contributed by atoms with Gasteiger partial charge < -0.3 is 19.3 Å². The quantitative estimate of drug-likeness (QED) is 0.826. The number of rotatable bonds is 3. The summed E-state index contributed by atoms with van der Waals surface area (Å²) in [6, 6.07) is 9.58. The minimum absolute atomic E-state index is 0.264. The Morgan fingerprint density at radius 2 is 1.78 bits per heavy atom. The molecule has 0 saturated carbocycles. The van der Waals surface area contributed by atoms with Crippen molar-refractivity contribution in [2.24, 2.45) is 0 Å². The lowest BCUT2D eigenvalue weighted by Crippen LogP contribution is -2.50. The van der Waals surface area contributed by atoms with Gasteiger partial charge in [0.25, 0.3) is 0 Å². The van der Waals surface area contributed by atoms with Crippen molar-refractivity contribution in [3.8, 4) is 17.1 Å². The molecule has 2 heterocycles. The summed E-state index contributed by atoms with van der Waals surface area (Å²) in [6.07, 6.45) is 1.49. The lowest BCUT2D eigenvalue weighted by molar-refractivity contribution is 0.0240. The van der Waals surface area contributed by atoms with E-state index in [0.29, 0.717) is 32.0 Å². The Balaban J connectivity index is 1.70. The van der Waals surface area contributed by atoms with Crippen LogP contribution in [0, 0.1) is 0 Å². The minimum atomic E-state index is -0.482. The van der Waals surface area contributed by atoms with Gasteiger partial charge in [0.2, 0.25) is 0 Å². The average Bonchev–Trinajstić information content (AvgIpc) is 2.67. The molecule has 2 aromatic rings. The molecule has 0 atom stereocenters. The summed E-state index contributed by atoms with van der Waals surface area (Å²) in [5, 5.41) is 0. The van der Waals surface area contributed by atoms with Gasteiger partial charge in [-0.25, -0.2) is 14.8 Å². The summed E-state index contributed by atoms with van der Waals surface area (Å²) in [6.45, 7) is 8.22. The van der Waals surface area contributed by atoms with Gasteiger partial charge in [0.15, 0.2) is 5.82 Å². The summed E-state index contributed by atoms with van der Waals surface area (Å²) < 4.78 is 10.9. The molecular formula is C20H26N4O3. The number of methoxy groups -OCH3 is 1. The third-order valence-electron chi connectivity index (χ3n) is 4.24. The third-order valence-corrected chi connectivity index (χ3v) is 4.24. The molecule has 0 spiro atoms. The molecule has 1 aliphatic rings. The van der Waals surface area contributed by atoms with E-state index >= 15 is 0 Å². The zero-order chi connectivity index (χ0) is 19.4. The lowest BCUT2D eigenvalue weighted by atomic mass is 10.2. The van der Waals surface area contributed by atoms with Crippen molar-refractivity contribution in [2.75, 3.05) is 38.2 Å². The van der Waals surface area contributed by atoms with Crippen LogP contribution in [0.4, 0.5) is 10.6 Å². The molecule has 0 bridgehead atoms. The van der Waals surface area contributed by atoms with Crippen LogP contribution in [0.3, 0.4) is 0 Å². The highest BCUT2D eigenvalue weighted by atomic mass is 16.6. The topological polar surface area (TPSA) is 67.8 Å². The van der Waals surface area contributed by atoms with Crippen molar-refractivity contribution >= 4 is 11.9 Å². The van der Waals surface area contributed by atoms with Gasteiger partial charge >= 0.3 is 6.09 Å². The van der Waals surface area contributed by atoms with E-state index in [0.717, 1.165) is 17.1 Å². The van der Waals surface area contributed by atoms with E-state index in [-0.39, 0.29) is 6.09 Å². The van der Waals surface area contributed by atoms with Crippen LogP contribution in [0.25, 0.3) is 11.4 Å². The van der Waals surface area contributed by atoms with Crippen LogP contribution in [-0.2, 0) is 4.74 Å². The summed E-state index contributed by atoms with van der Waals surface area (Å²) in [5.41, 5.74) is 0.374. The molecule has 1 saturated heterocycles. The van der Waals surface area contributed by atoms with Gasteiger partial charge in [-0.15, -0.1) is 0 Å². The summed E-state index contributed by atoms with van der Waals surface area (Å²) in [5.74, 6) is 2.21. The molecule has 1 aliphatic heterocycles. The summed E-state index contributed by atoms with van der Waals surface area (Å²) >= 11 is 0. The Bertz CT molecular complexity index is 796. The van der Waals surface area contributed by atoms with Crippen molar-refractivity contribution in [3.05, 3.63) is 36.5 Å². The van der Waals surface area contributed by atoms with Crippen molar-refractivity contribution < 1.29 is 14.3 Å². The molecule has 0 unspecified atom stereocenters. The summed E-state index contributed by atoms with van der Waals surface area (Å²) in [7, 11) is 1.64. The maximum atomic E-state index is 12.2. The molecule has 1 fully saturated rings. The van der Waals surface area contributed by atoms with Crippen molar-refractivity contribution in [1.29, 1.82) is 0 Å². The second-order valence-corrected chi connectivity index (χ2v) is 7.39. The number of amides is 1. The number of hydrogen-bond acceptors (Lipinski definition) is 6. The van der Waals surface area contributed by atoms with Crippen LogP contribution in [0.2, 0.25) is 0 Å². The Kier molecular flexibility index (Phi) is 5.48. The molecule has 0 N–H and O–H groups in total. The SMILES string of the molecule is COc1ccccc1-c1nccc(N2CCN(C(=O)OC(C)(C)C)CC2)n1. The molecular weight excluding hydrogens is 344 g/mol. The van der Waals surface area contributed by atoms with E-state index in [1.807, 2.05) is 51.1 Å². The molecule has 27 heavy (non-hydrogen) atoms. The Morgan fingerprint density at radius 1 is 1.07 bits per heavy atom. The number of aromatic nitrogens is 2. The molecule has 0 aliphatic carbocycles. The first-order valence-electron chi connectivity index (χ1n) is 9.07. The first-order valence-corrected chi connectivity index (χ1v) is 9.07. The molecule has 0 radical (unpaired) electrons. The number of para-hydroxylation sites is 1. The van der Waals surface area contributed by atoms with Gasteiger partial charge in [0, 0.05) is 32.4 Å². The second-order valence-electron chi connectivity index (χ2n) is 7.39. The molecule has 1 aromatic carbocycles. The maximum Gasteiger partial charge on any atom is 0.410 e. The maximum absolute atomic E-state index is 12.2. The highest BCUT2D eigenvalue weighted by Crippen LogP contribution is 2.28. The van der Waals surface area contributed by atoms with Crippen LogP contribution in [0.15, 0.2) is 36.5 Å². The zero-order valence-electron chi connectivity index (χ0n) is 16.3. The van der Waals surface area contributed by atoms with Crippen molar-refractivity contribution in [1.82, 2.24) is 14.9 Å². The van der Waals surface area contributed by atoms with Crippen LogP contribution in [0.1, 0.15) is 20.8 Å². The molecule has 7 nitrogen and oxygen atoms in total. The van der Waals surface area contributed by atoms with Gasteiger partial charge in [0.1, 0.15) is 17.2 Å². The molecule has 144 valence electrons. The summed E-state index contributed by atoms with van der Waals surface area (Å²) in [4.78, 5) is 25.2. The number of ether oxygens (including phenoxy) is 2. The molecule has 7 heteroatoms. The largest absolute Gasteiger partial charge is 0.496 e. The van der Waals surface area contributed by atoms with Gasteiger partial charge in [-0.05, 0) is 39.0 Å². The highest BCUT2D eigenvalue weighted by Gasteiger charge is 2.26.